The second kappa shape index (κ2) is 8.95. The monoisotopic (exact) mass is 381 g/mol. The van der Waals surface area contributed by atoms with Gasteiger partial charge in [-0.25, -0.2) is 13.1 Å². The highest BCUT2D eigenvalue weighted by Gasteiger charge is 2.18. The zero-order chi connectivity index (χ0) is 19.1. The summed E-state index contributed by atoms with van der Waals surface area (Å²) in [6.45, 7) is 2.49. The van der Waals surface area contributed by atoms with Crippen molar-refractivity contribution in [2.24, 2.45) is 0 Å². The summed E-state index contributed by atoms with van der Waals surface area (Å²) in [5.74, 6) is 0. The maximum Gasteiger partial charge on any atom is 0.240 e. The Morgan fingerprint density at radius 2 is 1.44 bits per heavy atom. The van der Waals surface area contributed by atoms with Crippen LogP contribution in [-0.4, -0.2) is 15.0 Å². The minimum atomic E-state index is -3.59. The van der Waals surface area contributed by atoms with Crippen molar-refractivity contribution < 1.29 is 13.2 Å². The summed E-state index contributed by atoms with van der Waals surface area (Å²) in [7, 11) is -3.59. The van der Waals surface area contributed by atoms with E-state index in [1.807, 2.05) is 67.6 Å². The van der Waals surface area contributed by atoms with Gasteiger partial charge in [-0.05, 0) is 30.2 Å². The van der Waals surface area contributed by atoms with E-state index >= 15 is 0 Å². The van der Waals surface area contributed by atoms with Crippen LogP contribution in [0.4, 0.5) is 0 Å². The van der Waals surface area contributed by atoms with Crippen molar-refractivity contribution in [2.45, 2.75) is 24.5 Å². The molecule has 0 aliphatic carbocycles. The van der Waals surface area contributed by atoms with Crippen molar-refractivity contribution in [3.8, 4) is 0 Å². The van der Waals surface area contributed by atoms with Crippen molar-refractivity contribution in [3.05, 3.63) is 102 Å². The smallest absolute Gasteiger partial charge is 0.240 e. The molecule has 1 N–H and O–H groups in total. The lowest BCUT2D eigenvalue weighted by molar-refractivity contribution is 0.0432. The summed E-state index contributed by atoms with van der Waals surface area (Å²) in [5.41, 5.74) is 2.99. The molecule has 0 fully saturated rings. The lowest BCUT2D eigenvalue weighted by atomic mass is 10.1. The maximum absolute atomic E-state index is 12.6. The molecular weight excluding hydrogens is 358 g/mol. The Balaban J connectivity index is 1.72. The van der Waals surface area contributed by atoms with Crippen LogP contribution in [0.3, 0.4) is 0 Å². The van der Waals surface area contributed by atoms with Gasteiger partial charge in [0, 0.05) is 6.54 Å². The van der Waals surface area contributed by atoms with Crippen LogP contribution in [0, 0.1) is 6.92 Å². The van der Waals surface area contributed by atoms with Crippen LogP contribution in [0.25, 0.3) is 0 Å². The summed E-state index contributed by atoms with van der Waals surface area (Å²) >= 11 is 0. The molecule has 0 amide bonds. The van der Waals surface area contributed by atoms with Crippen LogP contribution in [0.2, 0.25) is 0 Å². The third-order valence-electron chi connectivity index (χ3n) is 4.26. The molecule has 0 heterocycles. The molecular formula is C22H23NO3S. The van der Waals surface area contributed by atoms with E-state index in [4.69, 9.17) is 4.74 Å². The van der Waals surface area contributed by atoms with Gasteiger partial charge in [0.25, 0.3) is 0 Å². The molecule has 3 aromatic rings. The predicted octanol–water partition coefficient (Wildman–Crippen LogP) is 4.23. The molecule has 0 aliphatic rings. The highest BCUT2D eigenvalue weighted by atomic mass is 32.2. The van der Waals surface area contributed by atoms with Crippen molar-refractivity contribution >= 4 is 10.0 Å². The van der Waals surface area contributed by atoms with Crippen LogP contribution < -0.4 is 4.72 Å². The zero-order valence-corrected chi connectivity index (χ0v) is 16.0. The first-order valence-electron chi connectivity index (χ1n) is 8.81. The van der Waals surface area contributed by atoms with Crippen molar-refractivity contribution in [1.82, 2.24) is 4.72 Å². The van der Waals surface area contributed by atoms with Gasteiger partial charge in [0.2, 0.25) is 10.0 Å². The lowest BCUT2D eigenvalue weighted by Crippen LogP contribution is -2.29. The maximum atomic E-state index is 12.6. The minimum absolute atomic E-state index is 0.160. The molecule has 3 rings (SSSR count). The Labute approximate surface area is 160 Å². The van der Waals surface area contributed by atoms with Gasteiger partial charge < -0.3 is 4.74 Å². The van der Waals surface area contributed by atoms with E-state index in [9.17, 15) is 8.42 Å². The highest BCUT2D eigenvalue weighted by molar-refractivity contribution is 7.89. The van der Waals surface area contributed by atoms with Gasteiger partial charge >= 0.3 is 0 Å². The average Bonchev–Trinajstić information content (AvgIpc) is 2.70. The fraction of sp³-hybridized carbons (Fsp3) is 0.182. The largest absolute Gasteiger partial charge is 0.367 e. The molecule has 0 bridgehead atoms. The number of sulfonamides is 1. The molecule has 140 valence electrons. The summed E-state index contributed by atoms with van der Waals surface area (Å²) in [5, 5.41) is 0. The van der Waals surface area contributed by atoms with Gasteiger partial charge in [-0.2, -0.15) is 0 Å². The molecule has 0 unspecified atom stereocenters. The van der Waals surface area contributed by atoms with E-state index in [0.717, 1.165) is 16.7 Å². The van der Waals surface area contributed by atoms with Gasteiger partial charge in [-0.1, -0.05) is 78.4 Å². The van der Waals surface area contributed by atoms with Crippen LogP contribution >= 0.6 is 0 Å². The Morgan fingerprint density at radius 1 is 0.852 bits per heavy atom. The first-order valence-corrected chi connectivity index (χ1v) is 10.3. The number of hydrogen-bond acceptors (Lipinski definition) is 3. The number of ether oxygens (including phenoxy) is 1. The predicted molar refractivity (Wildman–Crippen MR) is 107 cm³/mol. The molecule has 5 heteroatoms. The minimum Gasteiger partial charge on any atom is -0.367 e. The summed E-state index contributed by atoms with van der Waals surface area (Å²) in [6, 6.07) is 26.3. The van der Waals surface area contributed by atoms with Gasteiger partial charge in [0.05, 0.1) is 17.6 Å². The van der Waals surface area contributed by atoms with Gasteiger partial charge in [0.1, 0.15) is 0 Å². The van der Waals surface area contributed by atoms with Gasteiger partial charge in [0.15, 0.2) is 0 Å². The second-order valence-electron chi connectivity index (χ2n) is 6.36. The van der Waals surface area contributed by atoms with Crippen LogP contribution in [0.5, 0.6) is 0 Å². The number of rotatable bonds is 8. The molecule has 0 saturated carbocycles. The van der Waals surface area contributed by atoms with Crippen LogP contribution in [0.15, 0.2) is 89.8 Å². The molecule has 0 radical (unpaired) electrons. The number of nitrogens with one attached hydrogen (secondary N) is 1. The number of benzene rings is 3. The van der Waals surface area contributed by atoms with E-state index in [2.05, 4.69) is 4.72 Å². The van der Waals surface area contributed by atoms with Crippen molar-refractivity contribution in [2.75, 3.05) is 6.54 Å². The molecule has 3 aromatic carbocycles. The standard InChI is InChI=1S/C22H23NO3S/c1-18-12-14-21(15-13-18)27(24,25)23-16-22(20-10-6-3-7-11-20)26-17-19-8-4-2-5-9-19/h2-15,22-23H,16-17H2,1H3/t22-/m1/s1. The fourth-order valence-electron chi connectivity index (χ4n) is 2.70. The highest BCUT2D eigenvalue weighted by Crippen LogP contribution is 2.20. The van der Waals surface area contributed by atoms with E-state index in [0.29, 0.717) is 6.61 Å². The van der Waals surface area contributed by atoms with Gasteiger partial charge in [-0.3, -0.25) is 0 Å². The van der Waals surface area contributed by atoms with Gasteiger partial charge in [-0.15, -0.1) is 0 Å². The van der Waals surface area contributed by atoms with E-state index in [1.165, 1.54) is 0 Å². The second-order valence-corrected chi connectivity index (χ2v) is 8.13. The summed E-state index contributed by atoms with van der Waals surface area (Å²) in [4.78, 5) is 0.253. The normalized spacial score (nSPS) is 12.6. The third kappa shape index (κ3) is 5.50. The topological polar surface area (TPSA) is 55.4 Å². The van der Waals surface area contributed by atoms with E-state index < -0.39 is 10.0 Å². The first kappa shape index (κ1) is 19.3. The average molecular weight is 381 g/mol. The Bertz CT molecular complexity index is 940. The van der Waals surface area contributed by atoms with Crippen molar-refractivity contribution in [3.63, 3.8) is 0 Å². The van der Waals surface area contributed by atoms with Crippen LogP contribution in [0.1, 0.15) is 22.8 Å². The molecule has 4 nitrogen and oxygen atoms in total. The van der Waals surface area contributed by atoms with E-state index in [1.54, 1.807) is 24.3 Å². The SMILES string of the molecule is Cc1ccc(S(=O)(=O)NC[C@@H](OCc2ccccc2)c2ccccc2)cc1. The molecule has 0 aromatic heterocycles. The molecule has 1 atom stereocenters. The zero-order valence-electron chi connectivity index (χ0n) is 15.2. The molecule has 0 spiro atoms. The molecule has 0 saturated heterocycles. The lowest BCUT2D eigenvalue weighted by Gasteiger charge is -2.19. The Morgan fingerprint density at radius 3 is 2.07 bits per heavy atom. The third-order valence-corrected chi connectivity index (χ3v) is 5.69. The van der Waals surface area contributed by atoms with E-state index in [-0.39, 0.29) is 17.5 Å². The number of aryl methyl sites for hydroxylation is 1. The number of hydrogen-bond donors (Lipinski definition) is 1. The fourth-order valence-corrected chi connectivity index (χ4v) is 3.73. The summed E-state index contributed by atoms with van der Waals surface area (Å²) in [6.07, 6.45) is -0.383. The summed E-state index contributed by atoms with van der Waals surface area (Å²) < 4.78 is 33.9. The van der Waals surface area contributed by atoms with Crippen molar-refractivity contribution in [1.29, 1.82) is 0 Å². The molecule has 27 heavy (non-hydrogen) atoms. The Kier molecular flexibility index (Phi) is 6.40. The molecule has 0 aliphatic heterocycles. The van der Waals surface area contributed by atoms with Crippen LogP contribution in [-0.2, 0) is 21.4 Å². The quantitative estimate of drug-likeness (QED) is 0.635. The first-order chi connectivity index (χ1) is 13.0. The Hall–Kier alpha value is -2.47.